The van der Waals surface area contributed by atoms with Gasteiger partial charge in [-0.25, -0.2) is 0 Å². The fraction of sp³-hybridized carbons (Fsp3) is 0.515. The average molecular weight is 583 g/mol. The minimum atomic E-state index is -2.87. The molecule has 6 heteroatoms. The van der Waals surface area contributed by atoms with Crippen molar-refractivity contribution >= 4 is 34.4 Å². The largest absolute Gasteiger partial charge is 0.413 e. The SMILES string of the molecule is C=C1/C(=C/CP(=O)(c2ccccc2)c2ccccc2)C[C@H](O[Si](C)(C)C(C)(C)C)C[C@@H]1O[Si](C)(C)C(C)(C)C. The Balaban J connectivity index is 2.01. The zero-order valence-electron chi connectivity index (χ0n) is 26.0. The molecule has 1 aliphatic carbocycles. The van der Waals surface area contributed by atoms with E-state index < -0.39 is 23.8 Å². The Hall–Kier alpha value is -1.50. The Kier molecular flexibility index (Phi) is 9.67. The minimum absolute atomic E-state index is 0.0604. The van der Waals surface area contributed by atoms with Crippen LogP contribution < -0.4 is 10.6 Å². The maximum Gasteiger partial charge on any atom is 0.192 e. The summed E-state index contributed by atoms with van der Waals surface area (Å²) in [5, 5.41) is 1.99. The van der Waals surface area contributed by atoms with Gasteiger partial charge < -0.3 is 13.4 Å². The highest BCUT2D eigenvalue weighted by atomic mass is 31.2. The van der Waals surface area contributed by atoms with Crippen LogP contribution in [0.1, 0.15) is 54.4 Å². The second-order valence-corrected chi connectivity index (χ2v) is 26.5. The number of benzene rings is 2. The maximum atomic E-state index is 14.7. The fourth-order valence-corrected chi connectivity index (χ4v) is 9.71. The van der Waals surface area contributed by atoms with E-state index in [1.165, 1.54) is 0 Å². The van der Waals surface area contributed by atoms with Gasteiger partial charge in [0.25, 0.3) is 0 Å². The van der Waals surface area contributed by atoms with Gasteiger partial charge in [-0.3, -0.25) is 0 Å². The third-order valence-corrected chi connectivity index (χ3v) is 21.2. The van der Waals surface area contributed by atoms with Gasteiger partial charge >= 0.3 is 0 Å². The van der Waals surface area contributed by atoms with E-state index in [9.17, 15) is 4.57 Å². The Morgan fingerprint density at radius 2 is 1.26 bits per heavy atom. The van der Waals surface area contributed by atoms with Crippen molar-refractivity contribution in [1.82, 2.24) is 0 Å². The molecule has 0 unspecified atom stereocenters. The molecule has 0 aromatic heterocycles. The summed E-state index contributed by atoms with van der Waals surface area (Å²) in [6.45, 7) is 27.5. The molecular weight excluding hydrogens is 532 g/mol. The molecule has 3 nitrogen and oxygen atoms in total. The van der Waals surface area contributed by atoms with Gasteiger partial charge in [-0.1, -0.05) is 115 Å². The lowest BCUT2D eigenvalue weighted by Gasteiger charge is -2.45. The molecule has 0 N–H and O–H groups in total. The van der Waals surface area contributed by atoms with Crippen LogP contribution in [0.25, 0.3) is 0 Å². The van der Waals surface area contributed by atoms with Gasteiger partial charge in [0, 0.05) is 23.2 Å². The Morgan fingerprint density at radius 1 is 0.821 bits per heavy atom. The van der Waals surface area contributed by atoms with Gasteiger partial charge in [0.1, 0.15) is 7.14 Å². The van der Waals surface area contributed by atoms with Gasteiger partial charge in [0.15, 0.2) is 16.6 Å². The fourth-order valence-electron chi connectivity index (χ4n) is 4.53. The third-order valence-electron chi connectivity index (χ3n) is 9.18. The molecule has 1 aliphatic rings. The van der Waals surface area contributed by atoms with Crippen LogP contribution in [-0.2, 0) is 13.4 Å². The number of hydrogen-bond donors (Lipinski definition) is 0. The normalized spacial score (nSPS) is 20.9. The van der Waals surface area contributed by atoms with Crippen LogP contribution in [0.4, 0.5) is 0 Å². The molecule has 1 saturated carbocycles. The first-order chi connectivity index (χ1) is 17.9. The molecule has 0 bridgehead atoms. The van der Waals surface area contributed by atoms with E-state index >= 15 is 0 Å². The molecule has 0 heterocycles. The topological polar surface area (TPSA) is 35.5 Å². The van der Waals surface area contributed by atoms with Crippen LogP contribution in [0, 0.1) is 0 Å². The van der Waals surface area contributed by atoms with Crippen LogP contribution >= 0.6 is 7.14 Å². The van der Waals surface area contributed by atoms with E-state index in [0.717, 1.165) is 34.6 Å². The zero-order chi connectivity index (χ0) is 29.3. The van der Waals surface area contributed by atoms with Crippen molar-refractivity contribution in [2.45, 2.75) is 103 Å². The minimum Gasteiger partial charge on any atom is -0.413 e. The van der Waals surface area contributed by atoms with E-state index in [1.54, 1.807) is 0 Å². The summed E-state index contributed by atoms with van der Waals surface area (Å²) in [7, 11) is -6.90. The highest BCUT2D eigenvalue weighted by Crippen LogP contribution is 2.47. The molecule has 1 fully saturated rings. The van der Waals surface area contributed by atoms with Gasteiger partial charge in [-0.05, 0) is 53.8 Å². The molecular formula is C33H51O3PSi2. The van der Waals surface area contributed by atoms with Gasteiger partial charge in [-0.2, -0.15) is 0 Å². The van der Waals surface area contributed by atoms with Crippen LogP contribution in [-0.4, -0.2) is 35.0 Å². The van der Waals surface area contributed by atoms with Crippen molar-refractivity contribution in [1.29, 1.82) is 0 Å². The lowest BCUT2D eigenvalue weighted by atomic mass is 9.86. The predicted molar refractivity (Wildman–Crippen MR) is 175 cm³/mol. The molecule has 214 valence electrons. The van der Waals surface area contributed by atoms with Crippen molar-refractivity contribution in [3.05, 3.63) is 84.5 Å². The number of allylic oxidation sites excluding steroid dienone is 1. The van der Waals surface area contributed by atoms with Gasteiger partial charge in [-0.15, -0.1) is 0 Å². The van der Waals surface area contributed by atoms with Crippen molar-refractivity contribution in [2.75, 3.05) is 6.16 Å². The Bertz CT molecular complexity index is 1160. The summed E-state index contributed by atoms with van der Waals surface area (Å²) in [5.41, 5.74) is 2.17. The Labute approximate surface area is 240 Å². The van der Waals surface area contributed by atoms with E-state index in [0.29, 0.717) is 6.16 Å². The predicted octanol–water partition coefficient (Wildman–Crippen LogP) is 9.06. The van der Waals surface area contributed by atoms with Crippen LogP contribution in [0.15, 0.2) is 84.5 Å². The molecule has 0 spiro atoms. The standard InChI is InChI=1S/C33H51O3PSi2/c1-26-27(22-23-37(34,29-18-14-12-15-19-29)30-20-16-13-17-21-30)24-28(35-38(8,9)32(2,3)4)25-31(26)36-39(10,11)33(5,6)7/h12-22,28,31H,1,23-25H2,2-11H3/b27-22+/t28-,31-/m0/s1. The van der Waals surface area contributed by atoms with Crippen LogP contribution in [0.3, 0.4) is 0 Å². The number of rotatable bonds is 8. The zero-order valence-corrected chi connectivity index (χ0v) is 28.9. The molecule has 2 atom stereocenters. The second kappa shape index (κ2) is 11.8. The lowest BCUT2D eigenvalue weighted by molar-refractivity contribution is 0.0969. The van der Waals surface area contributed by atoms with E-state index in [-0.39, 0.29) is 22.3 Å². The first-order valence-corrected chi connectivity index (χ1v) is 22.0. The van der Waals surface area contributed by atoms with Crippen LogP contribution in [0.2, 0.25) is 36.3 Å². The summed E-state index contributed by atoms with van der Waals surface area (Å²) in [4.78, 5) is 0. The van der Waals surface area contributed by atoms with E-state index in [2.05, 4.69) is 80.4 Å². The van der Waals surface area contributed by atoms with Crippen LogP contribution in [0.5, 0.6) is 0 Å². The first-order valence-electron chi connectivity index (χ1n) is 14.3. The van der Waals surface area contributed by atoms with E-state index in [1.807, 2.05) is 60.7 Å². The monoisotopic (exact) mass is 582 g/mol. The Morgan fingerprint density at radius 3 is 1.69 bits per heavy atom. The molecule has 0 amide bonds. The van der Waals surface area contributed by atoms with Crippen molar-refractivity contribution in [3.63, 3.8) is 0 Å². The average Bonchev–Trinajstić information content (AvgIpc) is 2.84. The maximum absolute atomic E-state index is 14.7. The highest BCUT2D eigenvalue weighted by Gasteiger charge is 2.44. The first kappa shape index (κ1) is 32.0. The molecule has 0 saturated heterocycles. The molecule has 0 aliphatic heterocycles. The highest BCUT2D eigenvalue weighted by molar-refractivity contribution is 7.78. The smallest absolute Gasteiger partial charge is 0.192 e. The molecule has 0 radical (unpaired) electrons. The summed E-state index contributed by atoms with van der Waals surface area (Å²) >= 11 is 0. The molecule has 3 rings (SSSR count). The second-order valence-electron chi connectivity index (χ2n) is 14.2. The number of hydrogen-bond acceptors (Lipinski definition) is 3. The molecule has 2 aromatic carbocycles. The quantitative estimate of drug-likeness (QED) is 0.230. The lowest BCUT2D eigenvalue weighted by Crippen LogP contribution is -2.49. The summed E-state index contributed by atoms with van der Waals surface area (Å²) in [6, 6.07) is 19.8. The molecule has 2 aromatic rings. The van der Waals surface area contributed by atoms with E-state index in [4.69, 9.17) is 8.85 Å². The van der Waals surface area contributed by atoms with Crippen molar-refractivity contribution in [2.24, 2.45) is 0 Å². The summed E-state index contributed by atoms with van der Waals surface area (Å²) in [6.07, 6.45) is 4.22. The van der Waals surface area contributed by atoms with Gasteiger partial charge in [0.2, 0.25) is 0 Å². The van der Waals surface area contributed by atoms with Crippen molar-refractivity contribution in [3.8, 4) is 0 Å². The van der Waals surface area contributed by atoms with Crippen molar-refractivity contribution < 1.29 is 13.4 Å². The third kappa shape index (κ3) is 7.43. The summed E-state index contributed by atoms with van der Waals surface area (Å²) in [5.74, 6) is 0. The van der Waals surface area contributed by atoms with Gasteiger partial charge in [0.05, 0.1) is 12.2 Å². The summed E-state index contributed by atoms with van der Waals surface area (Å²) < 4.78 is 28.7. The molecule has 39 heavy (non-hydrogen) atoms.